The summed E-state index contributed by atoms with van der Waals surface area (Å²) in [6.07, 6.45) is -4.73. The van der Waals surface area contributed by atoms with E-state index in [0.29, 0.717) is 12.1 Å². The van der Waals surface area contributed by atoms with Crippen molar-refractivity contribution in [2.24, 2.45) is 0 Å². The van der Waals surface area contributed by atoms with Gasteiger partial charge in [0.25, 0.3) is 0 Å². The van der Waals surface area contributed by atoms with Crippen LogP contribution in [0.3, 0.4) is 0 Å². The van der Waals surface area contributed by atoms with Gasteiger partial charge in [-0.05, 0) is 36.8 Å². The Kier molecular flexibility index (Phi) is 6.17. The summed E-state index contributed by atoms with van der Waals surface area (Å²) >= 11 is 0. The molecule has 0 aliphatic carbocycles. The quantitative estimate of drug-likeness (QED) is 0.626. The highest BCUT2D eigenvalue weighted by Gasteiger charge is 2.37. The predicted molar refractivity (Wildman–Crippen MR) is 100 cm³/mol. The van der Waals surface area contributed by atoms with E-state index in [4.69, 9.17) is 0 Å². The zero-order valence-corrected chi connectivity index (χ0v) is 17.7. The van der Waals surface area contributed by atoms with Gasteiger partial charge in [-0.15, -0.1) is 0 Å². The number of aryl methyl sites for hydroxylation is 1. The molecule has 0 unspecified atom stereocenters. The lowest BCUT2D eigenvalue weighted by atomic mass is 10.1. The Bertz CT molecular complexity index is 1210. The topological polar surface area (TPSA) is 74.8 Å². The Morgan fingerprint density at radius 3 is 1.87 bits per heavy atom. The van der Waals surface area contributed by atoms with Gasteiger partial charge < -0.3 is 0 Å². The minimum Gasteiger partial charge on any atom is -0.207 e. The first-order valence-corrected chi connectivity index (χ1v) is 11.8. The molecular formula is C18H17F5N2O4S2. The molecule has 2 aromatic rings. The number of nitrogens with zero attached hydrogens (tertiary/aromatic N) is 2. The predicted octanol–water partition coefficient (Wildman–Crippen LogP) is 2.99. The third-order valence-electron chi connectivity index (χ3n) is 4.86. The molecule has 13 heteroatoms. The molecule has 6 nitrogen and oxygen atoms in total. The van der Waals surface area contributed by atoms with Crippen molar-refractivity contribution >= 4 is 20.0 Å². The van der Waals surface area contributed by atoms with Gasteiger partial charge >= 0.3 is 6.18 Å². The highest BCUT2D eigenvalue weighted by atomic mass is 32.2. The summed E-state index contributed by atoms with van der Waals surface area (Å²) in [6, 6.07) is 4.62. The highest BCUT2D eigenvalue weighted by molar-refractivity contribution is 7.89. The summed E-state index contributed by atoms with van der Waals surface area (Å²) in [5.74, 6) is -2.24. The molecule has 31 heavy (non-hydrogen) atoms. The molecule has 170 valence electrons. The third-order valence-corrected chi connectivity index (χ3v) is 8.69. The Morgan fingerprint density at radius 1 is 0.806 bits per heavy atom. The molecule has 0 aromatic heterocycles. The van der Waals surface area contributed by atoms with E-state index in [1.54, 1.807) is 0 Å². The second-order valence-electron chi connectivity index (χ2n) is 6.86. The van der Waals surface area contributed by atoms with Crippen LogP contribution in [-0.2, 0) is 26.2 Å². The van der Waals surface area contributed by atoms with Crippen LogP contribution in [0.5, 0.6) is 0 Å². The number of halogens is 5. The SMILES string of the molecule is Cc1ccc(S(=O)(=O)N2CCN(S(=O)(=O)c3ccc(F)cc3F)CC2)cc1C(F)(F)F. The zero-order chi connectivity index (χ0) is 23.2. The molecule has 3 rings (SSSR count). The molecule has 1 saturated heterocycles. The molecule has 1 aliphatic rings. The van der Waals surface area contributed by atoms with E-state index in [9.17, 15) is 38.8 Å². The van der Waals surface area contributed by atoms with Crippen LogP contribution in [0.1, 0.15) is 11.1 Å². The van der Waals surface area contributed by atoms with E-state index < -0.39 is 53.2 Å². The van der Waals surface area contributed by atoms with Gasteiger partial charge in [-0.2, -0.15) is 21.8 Å². The lowest BCUT2D eigenvalue weighted by molar-refractivity contribution is -0.138. The fourth-order valence-electron chi connectivity index (χ4n) is 3.19. The molecular weight excluding hydrogens is 467 g/mol. The Morgan fingerprint density at radius 2 is 1.35 bits per heavy atom. The first kappa shape index (κ1) is 23.6. The molecule has 1 fully saturated rings. The van der Waals surface area contributed by atoms with Crippen LogP contribution < -0.4 is 0 Å². The summed E-state index contributed by atoms with van der Waals surface area (Å²) in [5, 5.41) is 0. The number of hydrogen-bond acceptors (Lipinski definition) is 4. The Hall–Kier alpha value is -2.09. The maximum absolute atomic E-state index is 13.9. The first-order valence-electron chi connectivity index (χ1n) is 8.88. The fourth-order valence-corrected chi connectivity index (χ4v) is 6.11. The van der Waals surface area contributed by atoms with E-state index in [1.165, 1.54) is 6.92 Å². The Labute approximate surface area is 176 Å². The maximum Gasteiger partial charge on any atom is 0.416 e. The summed E-state index contributed by atoms with van der Waals surface area (Å²) < 4.78 is 119. The average Bonchev–Trinajstić information content (AvgIpc) is 2.67. The van der Waals surface area contributed by atoms with Gasteiger partial charge in [0.15, 0.2) is 0 Å². The molecule has 1 aliphatic heterocycles. The lowest BCUT2D eigenvalue weighted by Crippen LogP contribution is -2.50. The van der Waals surface area contributed by atoms with Crippen LogP contribution in [0.15, 0.2) is 46.2 Å². The second kappa shape index (κ2) is 8.11. The third kappa shape index (κ3) is 4.59. The van der Waals surface area contributed by atoms with Crippen LogP contribution >= 0.6 is 0 Å². The van der Waals surface area contributed by atoms with E-state index in [-0.39, 0.29) is 31.7 Å². The largest absolute Gasteiger partial charge is 0.416 e. The van der Waals surface area contributed by atoms with E-state index in [1.807, 2.05) is 0 Å². The van der Waals surface area contributed by atoms with E-state index in [2.05, 4.69) is 0 Å². The van der Waals surface area contributed by atoms with Crippen LogP contribution in [0.2, 0.25) is 0 Å². The van der Waals surface area contributed by atoms with Crippen molar-refractivity contribution in [1.29, 1.82) is 0 Å². The van der Waals surface area contributed by atoms with Crippen molar-refractivity contribution in [2.45, 2.75) is 22.9 Å². The van der Waals surface area contributed by atoms with E-state index >= 15 is 0 Å². The maximum atomic E-state index is 13.9. The normalized spacial score (nSPS) is 17.1. The van der Waals surface area contributed by atoms with Crippen molar-refractivity contribution in [3.63, 3.8) is 0 Å². The number of sulfonamides is 2. The zero-order valence-electron chi connectivity index (χ0n) is 16.0. The summed E-state index contributed by atoms with van der Waals surface area (Å²) in [5.41, 5.74) is -1.22. The smallest absolute Gasteiger partial charge is 0.207 e. The van der Waals surface area contributed by atoms with Gasteiger partial charge in [0.2, 0.25) is 20.0 Å². The lowest BCUT2D eigenvalue weighted by Gasteiger charge is -2.33. The fraction of sp³-hybridized carbons (Fsp3) is 0.333. The summed E-state index contributed by atoms with van der Waals surface area (Å²) in [6.45, 7) is -0.191. The molecule has 0 N–H and O–H groups in total. The van der Waals surface area contributed by atoms with Gasteiger partial charge in [-0.3, -0.25) is 0 Å². The van der Waals surface area contributed by atoms with Gasteiger partial charge in [0, 0.05) is 32.2 Å². The number of hydrogen-bond donors (Lipinski definition) is 0. The molecule has 0 radical (unpaired) electrons. The van der Waals surface area contributed by atoms with Gasteiger partial charge in [0.05, 0.1) is 10.5 Å². The molecule has 0 spiro atoms. The standard InChI is InChI=1S/C18H17F5N2O4S2/c1-12-2-4-14(11-15(12)18(21,22)23)30(26,27)24-6-8-25(9-7-24)31(28,29)17-5-3-13(19)10-16(17)20/h2-5,10-11H,6-9H2,1H3. The molecule has 0 saturated carbocycles. The Balaban J connectivity index is 1.82. The second-order valence-corrected chi connectivity index (χ2v) is 10.7. The van der Waals surface area contributed by atoms with Crippen LogP contribution in [0.4, 0.5) is 22.0 Å². The van der Waals surface area contributed by atoms with Crippen molar-refractivity contribution in [3.8, 4) is 0 Å². The minimum atomic E-state index is -4.73. The van der Waals surface area contributed by atoms with Gasteiger partial charge in [0.1, 0.15) is 16.5 Å². The molecule has 1 heterocycles. The molecule has 0 bridgehead atoms. The minimum absolute atomic E-state index is 0.135. The monoisotopic (exact) mass is 484 g/mol. The van der Waals surface area contributed by atoms with Gasteiger partial charge in [-0.25, -0.2) is 25.6 Å². The number of piperazine rings is 1. The van der Waals surface area contributed by atoms with Crippen molar-refractivity contribution < 1.29 is 38.8 Å². The van der Waals surface area contributed by atoms with Crippen molar-refractivity contribution in [2.75, 3.05) is 26.2 Å². The number of benzene rings is 2. The van der Waals surface area contributed by atoms with Gasteiger partial charge in [-0.1, -0.05) is 6.07 Å². The number of rotatable bonds is 4. The first-order chi connectivity index (χ1) is 14.2. The average molecular weight is 484 g/mol. The van der Waals surface area contributed by atoms with Crippen LogP contribution in [-0.4, -0.2) is 51.6 Å². The molecule has 0 amide bonds. The van der Waals surface area contributed by atoms with Crippen molar-refractivity contribution in [3.05, 3.63) is 59.2 Å². The highest BCUT2D eigenvalue weighted by Crippen LogP contribution is 2.34. The van der Waals surface area contributed by atoms with Crippen molar-refractivity contribution in [1.82, 2.24) is 8.61 Å². The molecule has 2 aromatic carbocycles. The number of alkyl halides is 3. The van der Waals surface area contributed by atoms with Crippen LogP contribution in [0.25, 0.3) is 0 Å². The van der Waals surface area contributed by atoms with E-state index in [0.717, 1.165) is 32.9 Å². The summed E-state index contributed by atoms with van der Waals surface area (Å²) in [4.78, 5) is -1.31. The molecule has 0 atom stereocenters. The summed E-state index contributed by atoms with van der Waals surface area (Å²) in [7, 11) is -8.67. The van der Waals surface area contributed by atoms with Crippen LogP contribution in [0, 0.1) is 18.6 Å².